The van der Waals surface area contributed by atoms with Gasteiger partial charge in [-0.3, -0.25) is 4.79 Å². The normalized spacial score (nSPS) is 11.1. The van der Waals surface area contributed by atoms with E-state index in [1.165, 1.54) is 0 Å². The number of imide groups is 1. The van der Waals surface area contributed by atoms with E-state index in [2.05, 4.69) is 0 Å². The molecule has 0 radical (unpaired) electrons. The number of amides is 3. The Morgan fingerprint density at radius 1 is 1.35 bits per heavy atom. The lowest BCUT2D eigenvalue weighted by Crippen LogP contribution is -2.34. The van der Waals surface area contributed by atoms with Crippen LogP contribution in [0.25, 0.3) is 0 Å². The molecule has 0 aromatic heterocycles. The zero-order valence-electron chi connectivity index (χ0n) is 8.16. The summed E-state index contributed by atoms with van der Waals surface area (Å²) >= 11 is 0. The number of alkyl halides is 3. The van der Waals surface area contributed by atoms with E-state index in [0.717, 1.165) is 6.07 Å². The molecule has 0 unspecified atom stereocenters. The Hall–Kier alpha value is -2.12. The van der Waals surface area contributed by atoms with Crippen molar-refractivity contribution in [3.8, 4) is 0 Å². The Morgan fingerprint density at radius 2 is 1.94 bits per heavy atom. The van der Waals surface area contributed by atoms with Crippen LogP contribution < -0.4 is 10.6 Å². The molecule has 4 nitrogen and oxygen atoms in total. The summed E-state index contributed by atoms with van der Waals surface area (Å²) in [5.41, 5.74) is 2.72. The van der Waals surface area contributed by atoms with Gasteiger partial charge in [0.2, 0.25) is 6.41 Å². The Morgan fingerprint density at radius 3 is 2.35 bits per heavy atom. The maximum Gasteiger partial charge on any atom is 0.419 e. The molecule has 2 N–H and O–H groups in total. The van der Waals surface area contributed by atoms with E-state index in [1.807, 2.05) is 0 Å². The summed E-state index contributed by atoms with van der Waals surface area (Å²) < 4.78 is 49.9. The van der Waals surface area contributed by atoms with Crippen LogP contribution in [0.15, 0.2) is 18.2 Å². The highest BCUT2D eigenvalue weighted by Gasteiger charge is 2.34. The maximum atomic E-state index is 12.9. The van der Waals surface area contributed by atoms with Gasteiger partial charge in [0.1, 0.15) is 5.82 Å². The van der Waals surface area contributed by atoms with Gasteiger partial charge in [0, 0.05) is 0 Å². The number of nitrogens with two attached hydrogens (primary N) is 1. The third-order valence-electron chi connectivity index (χ3n) is 1.88. The van der Waals surface area contributed by atoms with Gasteiger partial charge in [-0.05, 0) is 18.2 Å². The molecule has 92 valence electrons. The van der Waals surface area contributed by atoms with Gasteiger partial charge in [-0.2, -0.15) is 13.2 Å². The molecule has 0 aliphatic carbocycles. The molecule has 0 saturated heterocycles. The quantitative estimate of drug-likeness (QED) is 0.643. The Balaban J connectivity index is 3.30. The highest BCUT2D eigenvalue weighted by atomic mass is 19.4. The van der Waals surface area contributed by atoms with Crippen molar-refractivity contribution in [2.45, 2.75) is 6.18 Å². The van der Waals surface area contributed by atoms with Crippen LogP contribution in [0.4, 0.5) is 28.0 Å². The van der Waals surface area contributed by atoms with Gasteiger partial charge in [0.15, 0.2) is 0 Å². The average Bonchev–Trinajstić information content (AvgIpc) is 2.19. The number of nitrogens with zero attached hydrogens (tertiary/aromatic N) is 1. The predicted molar refractivity (Wildman–Crippen MR) is 49.5 cm³/mol. The number of rotatable bonds is 2. The zero-order chi connectivity index (χ0) is 13.2. The van der Waals surface area contributed by atoms with E-state index < -0.39 is 29.3 Å². The first-order valence-corrected chi connectivity index (χ1v) is 4.18. The van der Waals surface area contributed by atoms with Gasteiger partial charge < -0.3 is 5.73 Å². The van der Waals surface area contributed by atoms with Crippen molar-refractivity contribution < 1.29 is 27.2 Å². The van der Waals surface area contributed by atoms with Gasteiger partial charge in [-0.15, -0.1) is 0 Å². The number of anilines is 1. The van der Waals surface area contributed by atoms with Crippen LogP contribution >= 0.6 is 0 Å². The summed E-state index contributed by atoms with van der Waals surface area (Å²) in [5, 5.41) is 0. The zero-order valence-corrected chi connectivity index (χ0v) is 8.16. The van der Waals surface area contributed by atoms with Gasteiger partial charge in [0.05, 0.1) is 11.3 Å². The van der Waals surface area contributed by atoms with Crippen LogP contribution in [0.3, 0.4) is 0 Å². The van der Waals surface area contributed by atoms with E-state index in [1.54, 1.807) is 0 Å². The molecule has 0 saturated carbocycles. The molecule has 1 aromatic carbocycles. The molecule has 0 atom stereocenters. The number of primary amides is 1. The molecule has 0 fully saturated rings. The highest BCUT2D eigenvalue weighted by Crippen LogP contribution is 2.33. The van der Waals surface area contributed by atoms with E-state index in [4.69, 9.17) is 5.73 Å². The van der Waals surface area contributed by atoms with Crippen LogP contribution in [0.5, 0.6) is 0 Å². The molecule has 17 heavy (non-hydrogen) atoms. The topological polar surface area (TPSA) is 63.4 Å². The maximum absolute atomic E-state index is 12.9. The fourth-order valence-corrected chi connectivity index (χ4v) is 1.12. The Bertz CT molecular complexity index is 459. The van der Waals surface area contributed by atoms with Crippen LogP contribution in [-0.4, -0.2) is 12.4 Å². The summed E-state index contributed by atoms with van der Waals surface area (Å²) in [6, 6.07) is 0.398. The molecule has 0 aliphatic heterocycles. The van der Waals surface area contributed by atoms with Crippen molar-refractivity contribution >= 4 is 18.1 Å². The molecular formula is C9H6F4N2O2. The van der Waals surface area contributed by atoms with E-state index in [-0.39, 0.29) is 11.3 Å². The minimum Gasteiger partial charge on any atom is -0.351 e. The minimum atomic E-state index is -4.92. The van der Waals surface area contributed by atoms with Crippen LogP contribution in [0, 0.1) is 5.82 Å². The smallest absolute Gasteiger partial charge is 0.351 e. The predicted octanol–water partition coefficient (Wildman–Crippen LogP) is 1.89. The largest absolute Gasteiger partial charge is 0.419 e. The third-order valence-corrected chi connectivity index (χ3v) is 1.88. The number of benzene rings is 1. The summed E-state index contributed by atoms with van der Waals surface area (Å²) in [6.45, 7) is 0. The lowest BCUT2D eigenvalue weighted by atomic mass is 10.1. The van der Waals surface area contributed by atoms with Gasteiger partial charge in [-0.25, -0.2) is 14.1 Å². The fraction of sp³-hybridized carbons (Fsp3) is 0.111. The third kappa shape index (κ3) is 2.71. The molecule has 0 aliphatic rings. The minimum absolute atomic E-state index is 0.0598. The van der Waals surface area contributed by atoms with Crippen molar-refractivity contribution in [2.75, 3.05) is 4.90 Å². The van der Waals surface area contributed by atoms with Crippen molar-refractivity contribution in [3.63, 3.8) is 0 Å². The van der Waals surface area contributed by atoms with E-state index >= 15 is 0 Å². The second-order valence-corrected chi connectivity index (χ2v) is 2.98. The number of hydrogen-bond acceptors (Lipinski definition) is 2. The number of halogens is 4. The molecule has 1 aromatic rings. The Labute approximate surface area is 92.6 Å². The average molecular weight is 250 g/mol. The Kier molecular flexibility index (Phi) is 3.35. The first-order valence-electron chi connectivity index (χ1n) is 4.18. The van der Waals surface area contributed by atoms with E-state index in [0.29, 0.717) is 12.1 Å². The summed E-state index contributed by atoms with van der Waals surface area (Å²) in [5.74, 6) is -1.50. The van der Waals surface area contributed by atoms with Crippen molar-refractivity contribution in [1.82, 2.24) is 0 Å². The lowest BCUT2D eigenvalue weighted by molar-refractivity contribution is -0.140. The van der Waals surface area contributed by atoms with Crippen molar-refractivity contribution in [1.29, 1.82) is 0 Å². The fourth-order valence-electron chi connectivity index (χ4n) is 1.12. The van der Waals surface area contributed by atoms with Crippen LogP contribution in [-0.2, 0) is 11.0 Å². The molecule has 8 heteroatoms. The molecular weight excluding hydrogens is 244 g/mol. The second-order valence-electron chi connectivity index (χ2n) is 2.98. The number of urea groups is 1. The first-order chi connectivity index (χ1) is 7.77. The monoisotopic (exact) mass is 250 g/mol. The van der Waals surface area contributed by atoms with Gasteiger partial charge >= 0.3 is 12.2 Å². The van der Waals surface area contributed by atoms with Gasteiger partial charge in [0.25, 0.3) is 0 Å². The summed E-state index contributed by atoms with van der Waals surface area (Å²) in [6.07, 6.45) is -4.98. The molecule has 0 heterocycles. The molecule has 3 amide bonds. The standard InChI is InChI=1S/C9H6F4N2O2/c10-7-2-1-5(15(4-16)8(14)17)3-6(7)9(11,12)13/h1-4H,(H2,14,17). The summed E-state index contributed by atoms with van der Waals surface area (Å²) in [7, 11) is 0. The van der Waals surface area contributed by atoms with E-state index in [9.17, 15) is 27.2 Å². The first kappa shape index (κ1) is 12.9. The van der Waals surface area contributed by atoms with Crippen LogP contribution in [0.2, 0.25) is 0 Å². The lowest BCUT2D eigenvalue weighted by Gasteiger charge is -2.15. The SMILES string of the molecule is NC(=O)N(C=O)c1ccc(F)c(C(F)(F)F)c1. The molecule has 0 spiro atoms. The molecule has 1 rings (SSSR count). The molecule has 0 bridgehead atoms. The summed E-state index contributed by atoms with van der Waals surface area (Å²) in [4.78, 5) is 21.4. The second kappa shape index (κ2) is 4.40. The number of carbonyl (C=O) groups excluding carboxylic acids is 2. The van der Waals surface area contributed by atoms with Gasteiger partial charge in [-0.1, -0.05) is 0 Å². The number of hydrogen-bond donors (Lipinski definition) is 1. The van der Waals surface area contributed by atoms with Crippen LogP contribution in [0.1, 0.15) is 5.56 Å². The van der Waals surface area contributed by atoms with Crippen molar-refractivity contribution in [2.24, 2.45) is 5.73 Å². The highest BCUT2D eigenvalue weighted by molar-refractivity contribution is 6.05. The van der Waals surface area contributed by atoms with Crippen molar-refractivity contribution in [3.05, 3.63) is 29.6 Å². The number of carbonyl (C=O) groups is 2.